The molecule has 0 saturated carbocycles. The molecule has 0 saturated heterocycles. The second kappa shape index (κ2) is 35.6. The highest BCUT2D eigenvalue weighted by Gasteiger charge is 2.25. The third-order valence-corrected chi connectivity index (χ3v) is 26.3. The van der Waals surface area contributed by atoms with Crippen molar-refractivity contribution < 1.29 is 0 Å². The SMILES string of the molecule is c1ccc(-c2ccc3c4c5ccccc5ccc4n(-c4ccc(-c5nc(-c6ccccc6)nc(-c6ccccc6)n5)cc4)c3c2)cc1.c1ccc(-c2nc(-c3ccccc3)nc(-c3ccc(-n4c5cc6ccccc6cc5c5c6ccccc6ccc54)cc3)n2)cc1.c1ccc(-c2nc(-c3ccccc3)nc(-c3ccc(-n4c5ccc6ccccc6c5c5cccc(-c6ccccc6)c54)cc3)n2)cc1. The van der Waals surface area contributed by atoms with E-state index in [0.717, 1.165) is 67.1 Å². The zero-order chi connectivity index (χ0) is 92.1. The van der Waals surface area contributed by atoms with Gasteiger partial charge in [0.15, 0.2) is 52.4 Å². The summed E-state index contributed by atoms with van der Waals surface area (Å²) in [6.07, 6.45) is 0. The number of aromatic nitrogens is 12. The summed E-state index contributed by atoms with van der Waals surface area (Å²) in [4.78, 5) is 44.2. The Labute approximate surface area is 800 Å². The number of benzene rings is 21. The van der Waals surface area contributed by atoms with Gasteiger partial charge >= 0.3 is 0 Å². The maximum absolute atomic E-state index is 4.95. The molecule has 0 unspecified atom stereocenters. The zero-order valence-corrected chi connectivity index (χ0v) is 75.2. The number of nitrogens with zero attached hydrogens (tertiary/aromatic N) is 12. The van der Waals surface area contributed by atoms with E-state index in [2.05, 4.69) is 329 Å². The summed E-state index contributed by atoms with van der Waals surface area (Å²) in [5, 5.41) is 17.5. The molecule has 6 aromatic heterocycles. The van der Waals surface area contributed by atoms with Crippen LogP contribution in [-0.2, 0) is 0 Å². The number of fused-ring (bicyclic) bond motifs is 16. The van der Waals surface area contributed by atoms with Crippen LogP contribution in [0, 0.1) is 0 Å². The molecule has 139 heavy (non-hydrogen) atoms. The van der Waals surface area contributed by atoms with Gasteiger partial charge in [-0.15, -0.1) is 0 Å². The first-order valence-electron chi connectivity index (χ1n) is 46.7. The van der Waals surface area contributed by atoms with E-state index in [0.29, 0.717) is 52.4 Å². The molecule has 0 aliphatic rings. The van der Waals surface area contributed by atoms with Gasteiger partial charge in [-0.05, 0) is 169 Å². The molecule has 0 aliphatic heterocycles. The lowest BCUT2D eigenvalue weighted by Crippen LogP contribution is -2.00. The van der Waals surface area contributed by atoms with Gasteiger partial charge in [0.1, 0.15) is 0 Å². The molecule has 0 bridgehead atoms. The summed E-state index contributed by atoms with van der Waals surface area (Å²) in [6, 6.07) is 174. The van der Waals surface area contributed by atoms with E-state index in [1.165, 1.54) is 131 Å². The minimum absolute atomic E-state index is 0.641. The van der Waals surface area contributed by atoms with Gasteiger partial charge in [-0.2, -0.15) is 0 Å². The molecular weight excluding hydrogens is 1690 g/mol. The Hall–Kier alpha value is -18.9. The second-order valence-corrected chi connectivity index (χ2v) is 34.7. The van der Waals surface area contributed by atoms with Gasteiger partial charge in [0, 0.05) is 105 Å². The third kappa shape index (κ3) is 15.4. The van der Waals surface area contributed by atoms with Gasteiger partial charge in [-0.25, -0.2) is 44.9 Å². The van der Waals surface area contributed by atoms with Crippen molar-refractivity contribution in [2.75, 3.05) is 0 Å². The first-order valence-corrected chi connectivity index (χ1v) is 46.7. The lowest BCUT2D eigenvalue weighted by Gasteiger charge is -2.13. The highest BCUT2D eigenvalue weighted by Crippen LogP contribution is 2.46. The summed E-state index contributed by atoms with van der Waals surface area (Å²) in [5.74, 6) is 5.86. The molecule has 27 rings (SSSR count). The van der Waals surface area contributed by atoms with Crippen molar-refractivity contribution >= 4 is 109 Å². The molecule has 0 N–H and O–H groups in total. The molecule has 0 amide bonds. The van der Waals surface area contributed by atoms with E-state index in [-0.39, 0.29) is 0 Å². The van der Waals surface area contributed by atoms with Crippen molar-refractivity contribution in [2.24, 2.45) is 0 Å². The van der Waals surface area contributed by atoms with Crippen LogP contribution in [0.5, 0.6) is 0 Å². The predicted octanol–water partition coefficient (Wildman–Crippen LogP) is 31.9. The molecule has 0 fully saturated rings. The van der Waals surface area contributed by atoms with E-state index in [9.17, 15) is 0 Å². The van der Waals surface area contributed by atoms with Crippen LogP contribution in [0.15, 0.2) is 497 Å². The van der Waals surface area contributed by atoms with Crippen LogP contribution in [-0.4, -0.2) is 58.6 Å². The van der Waals surface area contributed by atoms with Crippen LogP contribution in [0.25, 0.3) is 250 Å². The topological polar surface area (TPSA) is 131 Å². The highest BCUT2D eigenvalue weighted by atomic mass is 15.1. The number of rotatable bonds is 14. The van der Waals surface area contributed by atoms with Crippen molar-refractivity contribution in [1.82, 2.24) is 58.6 Å². The third-order valence-electron chi connectivity index (χ3n) is 26.3. The smallest absolute Gasteiger partial charge is 0.164 e. The van der Waals surface area contributed by atoms with Crippen molar-refractivity contribution in [3.8, 4) is 142 Å². The van der Waals surface area contributed by atoms with E-state index < -0.39 is 0 Å². The molecule has 6 heterocycles. The Morgan fingerprint density at radius 2 is 0.381 bits per heavy atom. The normalized spacial score (nSPS) is 11.5. The monoisotopic (exact) mass is 1770 g/mol. The lowest BCUT2D eigenvalue weighted by atomic mass is 10.00. The Kier molecular flexibility index (Phi) is 21.0. The Morgan fingerprint density at radius 3 is 0.734 bits per heavy atom. The molecule has 12 nitrogen and oxygen atoms in total. The number of hydrogen-bond donors (Lipinski definition) is 0. The molecule has 0 spiro atoms. The van der Waals surface area contributed by atoms with E-state index >= 15 is 0 Å². The quantitative estimate of drug-likeness (QED) is 0.104. The Morgan fingerprint density at radius 1 is 0.129 bits per heavy atom. The fourth-order valence-electron chi connectivity index (χ4n) is 19.7. The standard InChI is InChI=1S/2C43H28N4.C41H26N4/c1-4-13-29(14-5-1)36-21-12-22-37-39-35-20-11-10-15-30(35)25-28-38(39)47(40(36)37)34-26-23-33(24-27-34)43-45-41(31-16-6-2-7-17-31)44-42(46-43)32-18-8-3-9-19-32;1-4-12-29(13-5-1)34-22-26-37-39(28-34)47(38-27-23-30-14-10-11-19-36(30)40(37)38)35-24-20-33(21-25-35)43-45-41(31-15-6-2-7-16-31)44-42(46-43)32-17-8-3-9-18-32;1-3-12-28(13-4-1)39-42-40(29-14-5-2-6-15-29)44-41(43-39)30-19-22-33(23-20-30)45-36-24-21-27-11-9-10-18-34(27)38(36)35-25-31-16-7-8-17-32(31)26-37(35)45/h2*1-28H;1-26H. The minimum Gasteiger partial charge on any atom is -0.309 e. The van der Waals surface area contributed by atoms with Crippen molar-refractivity contribution in [2.45, 2.75) is 0 Å². The van der Waals surface area contributed by atoms with Crippen LogP contribution < -0.4 is 0 Å². The fraction of sp³-hybridized carbons (Fsp3) is 0. The van der Waals surface area contributed by atoms with Crippen LogP contribution in [0.4, 0.5) is 0 Å². The minimum atomic E-state index is 0.641. The van der Waals surface area contributed by atoms with Gasteiger partial charge in [-0.3, -0.25) is 0 Å². The van der Waals surface area contributed by atoms with Crippen LogP contribution in [0.1, 0.15) is 0 Å². The van der Waals surface area contributed by atoms with Crippen LogP contribution in [0.3, 0.4) is 0 Å². The van der Waals surface area contributed by atoms with Gasteiger partial charge in [0.05, 0.1) is 33.1 Å². The summed E-state index contributed by atoms with van der Waals surface area (Å²) >= 11 is 0. The van der Waals surface area contributed by atoms with E-state index in [1.54, 1.807) is 0 Å². The summed E-state index contributed by atoms with van der Waals surface area (Å²) in [6.45, 7) is 0. The Balaban J connectivity index is 0.000000110. The maximum Gasteiger partial charge on any atom is 0.164 e. The molecule has 0 radical (unpaired) electrons. The molecule has 650 valence electrons. The fourth-order valence-corrected chi connectivity index (χ4v) is 19.7. The molecule has 0 aliphatic carbocycles. The molecular formula is C127H82N12. The van der Waals surface area contributed by atoms with E-state index in [4.69, 9.17) is 44.9 Å². The van der Waals surface area contributed by atoms with Crippen molar-refractivity contribution in [1.29, 1.82) is 0 Å². The average Bonchev–Trinajstić information content (AvgIpc) is 1.58. The summed E-state index contributed by atoms with van der Waals surface area (Å²) in [7, 11) is 0. The second-order valence-electron chi connectivity index (χ2n) is 34.7. The number of hydrogen-bond acceptors (Lipinski definition) is 9. The van der Waals surface area contributed by atoms with Gasteiger partial charge in [0.2, 0.25) is 0 Å². The predicted molar refractivity (Wildman–Crippen MR) is 572 cm³/mol. The van der Waals surface area contributed by atoms with Crippen molar-refractivity contribution in [3.05, 3.63) is 497 Å². The molecule has 21 aromatic carbocycles. The van der Waals surface area contributed by atoms with Gasteiger partial charge in [0.25, 0.3) is 0 Å². The van der Waals surface area contributed by atoms with Crippen LogP contribution in [0.2, 0.25) is 0 Å². The van der Waals surface area contributed by atoms with E-state index in [1.807, 2.05) is 182 Å². The van der Waals surface area contributed by atoms with Gasteiger partial charge < -0.3 is 13.7 Å². The summed E-state index contributed by atoms with van der Waals surface area (Å²) < 4.78 is 7.17. The van der Waals surface area contributed by atoms with Crippen LogP contribution >= 0.6 is 0 Å². The highest BCUT2D eigenvalue weighted by molar-refractivity contribution is 6.26. The summed E-state index contributed by atoms with van der Waals surface area (Å²) in [5.41, 5.74) is 23.6. The lowest BCUT2D eigenvalue weighted by molar-refractivity contribution is 1.07. The first kappa shape index (κ1) is 82.0. The maximum atomic E-state index is 4.95. The van der Waals surface area contributed by atoms with Crippen molar-refractivity contribution in [3.63, 3.8) is 0 Å². The molecule has 12 heteroatoms. The molecule has 0 atom stereocenters. The largest absolute Gasteiger partial charge is 0.309 e. The van der Waals surface area contributed by atoms with Gasteiger partial charge in [-0.1, -0.05) is 388 Å². The zero-order valence-electron chi connectivity index (χ0n) is 75.2. The Bertz CT molecular complexity index is 9140. The first-order chi connectivity index (χ1) is 68.9. The average molecular weight is 1780 g/mol. The molecule has 27 aromatic rings. The number of para-hydroxylation sites is 1.